The van der Waals surface area contributed by atoms with Gasteiger partial charge < -0.3 is 5.32 Å². The third-order valence-corrected chi connectivity index (χ3v) is 6.47. The summed E-state index contributed by atoms with van der Waals surface area (Å²) in [5.74, 6) is 4.17. The van der Waals surface area contributed by atoms with Gasteiger partial charge in [-0.25, -0.2) is 9.37 Å². The highest BCUT2D eigenvalue weighted by Crippen LogP contribution is 2.49. The minimum atomic E-state index is -0.241. The first kappa shape index (κ1) is 19.4. The number of terminal acetylenes is 1. The molecule has 2 aromatic heterocycles. The molecule has 0 saturated heterocycles. The summed E-state index contributed by atoms with van der Waals surface area (Å²) in [5.41, 5.74) is 3.85. The highest BCUT2D eigenvalue weighted by Gasteiger charge is 2.38. The predicted octanol–water partition coefficient (Wildman–Crippen LogP) is 5.21. The van der Waals surface area contributed by atoms with Gasteiger partial charge in [-0.05, 0) is 84.6 Å². The number of allylic oxidation sites excluding steroid dienone is 2. The first-order valence-corrected chi connectivity index (χ1v) is 10.6. The molecule has 1 amide bonds. The molecule has 4 nitrogen and oxygen atoms in total. The summed E-state index contributed by atoms with van der Waals surface area (Å²) in [6, 6.07) is 10.2. The lowest BCUT2D eigenvalue weighted by Gasteiger charge is -2.13. The lowest BCUT2D eigenvalue weighted by atomic mass is 9.94. The van der Waals surface area contributed by atoms with Gasteiger partial charge in [-0.3, -0.25) is 9.78 Å². The molecule has 0 radical (unpaired) electrons. The number of nitrogens with zero attached hydrogens (tertiary/aromatic N) is 2. The molecule has 5 rings (SSSR count). The van der Waals surface area contributed by atoms with Crippen molar-refractivity contribution in [3.05, 3.63) is 71.8 Å². The summed E-state index contributed by atoms with van der Waals surface area (Å²) >= 11 is 0. The minimum Gasteiger partial charge on any atom is -0.311 e. The number of rotatable bonds is 4. The van der Waals surface area contributed by atoms with Crippen molar-refractivity contribution in [1.29, 1.82) is 0 Å². The van der Waals surface area contributed by atoms with Crippen LogP contribution in [0.2, 0.25) is 0 Å². The maximum Gasteiger partial charge on any atom is 0.225 e. The summed E-state index contributed by atoms with van der Waals surface area (Å²) in [6.45, 7) is 0. The average molecular weight is 411 g/mol. The Labute approximate surface area is 180 Å². The van der Waals surface area contributed by atoms with Crippen LogP contribution in [0.25, 0.3) is 16.5 Å². The Morgan fingerprint density at radius 2 is 2.10 bits per heavy atom. The number of hydrogen-bond acceptors (Lipinski definition) is 3. The van der Waals surface area contributed by atoms with Crippen molar-refractivity contribution in [2.75, 3.05) is 5.32 Å². The molecule has 1 saturated carbocycles. The number of amides is 1. The molecule has 2 unspecified atom stereocenters. The quantitative estimate of drug-likeness (QED) is 0.600. The number of halogens is 1. The number of carbonyl (C=O) groups excluding carboxylic acids is 1. The van der Waals surface area contributed by atoms with Crippen LogP contribution < -0.4 is 5.32 Å². The molecular formula is C26H22FN3O. The normalized spacial score (nSPS) is 22.1. The summed E-state index contributed by atoms with van der Waals surface area (Å²) in [7, 11) is 0. The van der Waals surface area contributed by atoms with Gasteiger partial charge in [0, 0.05) is 29.8 Å². The van der Waals surface area contributed by atoms with E-state index < -0.39 is 0 Å². The number of aromatic nitrogens is 2. The number of fused-ring (bicyclic) bond motifs is 2. The Balaban J connectivity index is 1.24. The van der Waals surface area contributed by atoms with Crippen LogP contribution in [0.15, 0.2) is 54.9 Å². The first-order valence-electron chi connectivity index (χ1n) is 10.6. The van der Waals surface area contributed by atoms with Gasteiger partial charge in [0.1, 0.15) is 11.6 Å². The van der Waals surface area contributed by atoms with E-state index in [2.05, 4.69) is 27.3 Å². The molecule has 31 heavy (non-hydrogen) atoms. The van der Waals surface area contributed by atoms with Crippen molar-refractivity contribution in [3.8, 4) is 12.3 Å². The van der Waals surface area contributed by atoms with Crippen LogP contribution in [0.1, 0.15) is 36.8 Å². The lowest BCUT2D eigenvalue weighted by Crippen LogP contribution is -2.16. The van der Waals surface area contributed by atoms with E-state index in [4.69, 9.17) is 6.42 Å². The van der Waals surface area contributed by atoms with Crippen LogP contribution in [0.4, 0.5) is 10.2 Å². The molecule has 3 atom stereocenters. The number of carbonyl (C=O) groups is 1. The van der Waals surface area contributed by atoms with Crippen LogP contribution in [0.3, 0.4) is 0 Å². The maximum atomic E-state index is 13.8. The molecule has 154 valence electrons. The van der Waals surface area contributed by atoms with Crippen molar-refractivity contribution in [2.45, 2.75) is 25.7 Å². The van der Waals surface area contributed by atoms with Crippen LogP contribution in [-0.4, -0.2) is 15.9 Å². The molecule has 5 heteroatoms. The van der Waals surface area contributed by atoms with Gasteiger partial charge in [0.2, 0.25) is 5.91 Å². The van der Waals surface area contributed by atoms with E-state index in [-0.39, 0.29) is 11.7 Å². The summed E-state index contributed by atoms with van der Waals surface area (Å²) in [5, 5.41) is 3.74. The van der Waals surface area contributed by atoms with Gasteiger partial charge in [0.05, 0.1) is 5.52 Å². The van der Waals surface area contributed by atoms with Crippen molar-refractivity contribution in [1.82, 2.24) is 9.97 Å². The zero-order valence-corrected chi connectivity index (χ0v) is 17.0. The molecule has 1 aromatic carbocycles. The van der Waals surface area contributed by atoms with Crippen LogP contribution in [-0.2, 0) is 4.79 Å². The maximum absolute atomic E-state index is 13.8. The molecular weight excluding hydrogens is 389 g/mol. The number of anilines is 1. The smallest absolute Gasteiger partial charge is 0.225 e. The number of pyridine rings is 2. The summed E-state index contributed by atoms with van der Waals surface area (Å²) in [4.78, 5) is 21.0. The van der Waals surface area contributed by atoms with E-state index in [1.54, 1.807) is 36.7 Å². The second-order valence-corrected chi connectivity index (χ2v) is 8.51. The topological polar surface area (TPSA) is 54.9 Å². The van der Waals surface area contributed by atoms with Gasteiger partial charge in [0.15, 0.2) is 0 Å². The highest BCUT2D eigenvalue weighted by molar-refractivity contribution is 5.92. The summed E-state index contributed by atoms with van der Waals surface area (Å²) in [6.07, 6.45) is 14.5. The van der Waals surface area contributed by atoms with Gasteiger partial charge in [-0.2, -0.15) is 0 Å². The van der Waals surface area contributed by atoms with Crippen molar-refractivity contribution in [2.24, 2.45) is 17.8 Å². The lowest BCUT2D eigenvalue weighted by molar-refractivity contribution is -0.117. The predicted molar refractivity (Wildman–Crippen MR) is 119 cm³/mol. The molecule has 0 spiro atoms. The third-order valence-electron chi connectivity index (χ3n) is 6.47. The fraction of sp³-hybridized carbons (Fsp3) is 0.269. The largest absolute Gasteiger partial charge is 0.311 e. The van der Waals surface area contributed by atoms with E-state index in [0.29, 0.717) is 35.6 Å². The SMILES string of the molecule is C#Cc1ccc(NC(=O)C[C@H]2CC3C=C(c4ccnc5ccc(F)cc45)CC3C2)nc1. The summed E-state index contributed by atoms with van der Waals surface area (Å²) < 4.78 is 13.8. The molecule has 2 aliphatic carbocycles. The minimum absolute atomic E-state index is 0.00858. The molecule has 3 aromatic rings. The molecule has 2 aliphatic rings. The average Bonchev–Trinajstić information content (AvgIpc) is 3.32. The van der Waals surface area contributed by atoms with E-state index in [0.717, 1.165) is 35.7 Å². The molecule has 0 aliphatic heterocycles. The Kier molecular flexibility index (Phi) is 4.99. The number of hydrogen-bond donors (Lipinski definition) is 1. The monoisotopic (exact) mass is 411 g/mol. The Morgan fingerprint density at radius 1 is 1.19 bits per heavy atom. The Bertz CT molecular complexity index is 1230. The number of benzene rings is 1. The Hall–Kier alpha value is -3.52. The first-order chi connectivity index (χ1) is 15.1. The molecule has 2 heterocycles. The number of nitrogens with one attached hydrogen (secondary N) is 1. The molecule has 0 bridgehead atoms. The van der Waals surface area contributed by atoms with Gasteiger partial charge in [-0.15, -0.1) is 6.42 Å². The zero-order valence-electron chi connectivity index (χ0n) is 17.0. The van der Waals surface area contributed by atoms with Crippen molar-refractivity contribution >= 4 is 28.2 Å². The third kappa shape index (κ3) is 3.94. The molecule has 1 fully saturated rings. The highest BCUT2D eigenvalue weighted by atomic mass is 19.1. The second-order valence-electron chi connectivity index (χ2n) is 8.51. The van der Waals surface area contributed by atoms with Crippen molar-refractivity contribution < 1.29 is 9.18 Å². The van der Waals surface area contributed by atoms with Gasteiger partial charge >= 0.3 is 0 Å². The van der Waals surface area contributed by atoms with Gasteiger partial charge in [0.25, 0.3) is 0 Å². The van der Waals surface area contributed by atoms with Crippen LogP contribution in [0.5, 0.6) is 0 Å². The van der Waals surface area contributed by atoms with Gasteiger partial charge in [-0.1, -0.05) is 12.0 Å². The molecule has 1 N–H and O–H groups in total. The van der Waals surface area contributed by atoms with Crippen LogP contribution >= 0.6 is 0 Å². The zero-order chi connectivity index (χ0) is 21.4. The van der Waals surface area contributed by atoms with E-state index in [1.165, 1.54) is 11.6 Å². The Morgan fingerprint density at radius 3 is 2.87 bits per heavy atom. The van der Waals surface area contributed by atoms with E-state index in [9.17, 15) is 9.18 Å². The van der Waals surface area contributed by atoms with E-state index >= 15 is 0 Å². The van der Waals surface area contributed by atoms with E-state index in [1.807, 2.05) is 6.07 Å². The second kappa shape index (κ2) is 7.96. The fourth-order valence-electron chi connectivity index (χ4n) is 5.10. The fourth-order valence-corrected chi connectivity index (χ4v) is 5.10. The van der Waals surface area contributed by atoms with Crippen LogP contribution in [0, 0.1) is 35.9 Å². The standard InChI is InChI=1S/C26H22FN3O/c1-2-16-3-6-25(29-15-16)30-26(31)11-17-9-18-12-20(13-19(18)10-17)22-7-8-28-24-5-4-21(27)14-23(22)24/h1,3-8,12,14-15,17-19H,9-11,13H2,(H,29,30,31)/t17-,18?,19?/m0/s1. The van der Waals surface area contributed by atoms with Crippen molar-refractivity contribution in [3.63, 3.8) is 0 Å².